The summed E-state index contributed by atoms with van der Waals surface area (Å²) in [7, 11) is 0. The number of halogens is 3. The van der Waals surface area contributed by atoms with Gasteiger partial charge in [-0.05, 0) is 48.4 Å². The average molecular weight is 319 g/mol. The van der Waals surface area contributed by atoms with E-state index in [0.717, 1.165) is 31.4 Å². The number of hydrogen-bond acceptors (Lipinski definition) is 1. The number of aryl methyl sites for hydroxylation is 1. The molecule has 2 nitrogen and oxygen atoms in total. The first kappa shape index (κ1) is 15.6. The lowest BCUT2D eigenvalue weighted by Crippen LogP contribution is -2.26. The number of benzene rings is 2. The molecule has 5 heteroatoms. The fraction of sp³-hybridized carbons (Fsp3) is 0.278. The molecule has 3 rings (SSSR count). The van der Waals surface area contributed by atoms with Crippen molar-refractivity contribution in [3.8, 4) is 0 Å². The number of carbonyl (C=O) groups is 1. The lowest BCUT2D eigenvalue weighted by molar-refractivity contribution is 0.0947. The van der Waals surface area contributed by atoms with Crippen LogP contribution in [0.25, 0.3) is 0 Å². The molecule has 0 aromatic heterocycles. The van der Waals surface area contributed by atoms with Crippen LogP contribution >= 0.6 is 0 Å². The lowest BCUT2D eigenvalue weighted by atomic mass is 9.98. The number of hydrogen-bond donors (Lipinski definition) is 1. The smallest absolute Gasteiger partial charge is 0.254 e. The Labute approximate surface area is 132 Å². The third kappa shape index (κ3) is 3.09. The number of fused-ring (bicyclic) bond motifs is 1. The van der Waals surface area contributed by atoms with Crippen molar-refractivity contribution in [3.05, 3.63) is 70.5 Å². The maximum atomic E-state index is 13.6. The van der Waals surface area contributed by atoms with Gasteiger partial charge in [0, 0.05) is 6.54 Å². The highest BCUT2D eigenvalue weighted by Crippen LogP contribution is 2.34. The summed E-state index contributed by atoms with van der Waals surface area (Å²) in [6.45, 7) is 0.357. The Kier molecular flexibility index (Phi) is 4.37. The average Bonchev–Trinajstić information content (AvgIpc) is 2.96. The van der Waals surface area contributed by atoms with Gasteiger partial charge in [-0.3, -0.25) is 4.79 Å². The summed E-state index contributed by atoms with van der Waals surface area (Å²) in [5.74, 6) is -4.74. The second-order valence-electron chi connectivity index (χ2n) is 5.70. The summed E-state index contributed by atoms with van der Waals surface area (Å²) < 4.78 is 39.6. The van der Waals surface area contributed by atoms with Gasteiger partial charge in [0.2, 0.25) is 0 Å². The van der Waals surface area contributed by atoms with E-state index in [4.69, 9.17) is 0 Å². The van der Waals surface area contributed by atoms with Crippen molar-refractivity contribution in [2.75, 3.05) is 6.54 Å². The van der Waals surface area contributed by atoms with E-state index < -0.39 is 28.9 Å². The minimum atomic E-state index is -1.62. The summed E-state index contributed by atoms with van der Waals surface area (Å²) in [5, 5.41) is 2.58. The van der Waals surface area contributed by atoms with Crippen molar-refractivity contribution in [2.24, 2.45) is 0 Å². The molecule has 1 unspecified atom stereocenters. The van der Waals surface area contributed by atoms with E-state index in [1.54, 1.807) is 0 Å². The third-order valence-corrected chi connectivity index (χ3v) is 4.32. The zero-order valence-electron chi connectivity index (χ0n) is 12.4. The van der Waals surface area contributed by atoms with Gasteiger partial charge in [-0.1, -0.05) is 24.3 Å². The molecule has 0 bridgehead atoms. The Bertz CT molecular complexity index is 745. The van der Waals surface area contributed by atoms with Gasteiger partial charge in [-0.15, -0.1) is 0 Å². The molecule has 0 spiro atoms. The van der Waals surface area contributed by atoms with E-state index in [2.05, 4.69) is 17.4 Å². The molecule has 1 aliphatic carbocycles. The predicted molar refractivity (Wildman–Crippen MR) is 80.8 cm³/mol. The van der Waals surface area contributed by atoms with Crippen molar-refractivity contribution in [1.82, 2.24) is 5.32 Å². The molecule has 2 aromatic rings. The van der Waals surface area contributed by atoms with Crippen LogP contribution in [-0.4, -0.2) is 12.5 Å². The van der Waals surface area contributed by atoms with Gasteiger partial charge in [0.1, 0.15) is 0 Å². The Morgan fingerprint density at radius 3 is 2.70 bits per heavy atom. The first-order valence-corrected chi connectivity index (χ1v) is 7.57. The molecule has 2 aromatic carbocycles. The number of rotatable bonds is 4. The fourth-order valence-corrected chi connectivity index (χ4v) is 3.10. The van der Waals surface area contributed by atoms with Gasteiger partial charge in [0.25, 0.3) is 5.91 Å². The highest BCUT2D eigenvalue weighted by atomic mass is 19.2. The SMILES string of the molecule is O=C(NCCC1CCc2ccccc21)c1ccc(F)c(F)c1F. The Hall–Kier alpha value is -2.30. The molecule has 1 amide bonds. The van der Waals surface area contributed by atoms with Crippen molar-refractivity contribution in [1.29, 1.82) is 0 Å². The fourth-order valence-electron chi connectivity index (χ4n) is 3.10. The number of amides is 1. The van der Waals surface area contributed by atoms with Crippen LogP contribution < -0.4 is 5.32 Å². The van der Waals surface area contributed by atoms with Crippen molar-refractivity contribution in [3.63, 3.8) is 0 Å². The van der Waals surface area contributed by atoms with Gasteiger partial charge in [-0.25, -0.2) is 13.2 Å². The molecule has 1 aliphatic rings. The highest BCUT2D eigenvalue weighted by molar-refractivity contribution is 5.94. The summed E-state index contributed by atoms with van der Waals surface area (Å²) in [6, 6.07) is 9.89. The summed E-state index contributed by atoms with van der Waals surface area (Å²) in [5.41, 5.74) is 2.15. The van der Waals surface area contributed by atoms with Crippen LogP contribution in [0.3, 0.4) is 0 Å². The van der Waals surface area contributed by atoms with Gasteiger partial charge in [-0.2, -0.15) is 0 Å². The molecule has 23 heavy (non-hydrogen) atoms. The monoisotopic (exact) mass is 319 g/mol. The van der Waals surface area contributed by atoms with Crippen molar-refractivity contribution < 1.29 is 18.0 Å². The molecule has 0 heterocycles. The lowest BCUT2D eigenvalue weighted by Gasteiger charge is -2.12. The van der Waals surface area contributed by atoms with Crippen LogP contribution in [0, 0.1) is 17.5 Å². The molecular weight excluding hydrogens is 303 g/mol. The van der Waals surface area contributed by atoms with Crippen LogP contribution in [0.4, 0.5) is 13.2 Å². The summed E-state index contributed by atoms with van der Waals surface area (Å²) in [4.78, 5) is 11.9. The first-order chi connectivity index (χ1) is 11.1. The Morgan fingerprint density at radius 1 is 1.09 bits per heavy atom. The van der Waals surface area contributed by atoms with E-state index >= 15 is 0 Å². The Balaban J connectivity index is 1.60. The molecule has 0 radical (unpaired) electrons. The molecule has 0 saturated carbocycles. The van der Waals surface area contributed by atoms with E-state index in [9.17, 15) is 18.0 Å². The van der Waals surface area contributed by atoms with E-state index in [1.165, 1.54) is 11.1 Å². The predicted octanol–water partition coefficient (Wildman–Crippen LogP) is 3.95. The van der Waals surface area contributed by atoms with Crippen LogP contribution in [0.2, 0.25) is 0 Å². The van der Waals surface area contributed by atoms with Crippen LogP contribution in [0.5, 0.6) is 0 Å². The largest absolute Gasteiger partial charge is 0.352 e. The standard InChI is InChI=1S/C18H16F3NO/c19-15-8-7-14(16(20)17(15)21)18(23)22-10-9-12-6-5-11-3-1-2-4-13(11)12/h1-4,7-8,12H,5-6,9-10H2,(H,22,23). The first-order valence-electron chi connectivity index (χ1n) is 7.57. The molecule has 0 aliphatic heterocycles. The molecule has 1 N–H and O–H groups in total. The molecular formula is C18H16F3NO. The minimum Gasteiger partial charge on any atom is -0.352 e. The summed E-state index contributed by atoms with van der Waals surface area (Å²) >= 11 is 0. The second-order valence-corrected chi connectivity index (χ2v) is 5.70. The normalized spacial score (nSPS) is 16.2. The zero-order chi connectivity index (χ0) is 16.4. The zero-order valence-corrected chi connectivity index (χ0v) is 12.4. The van der Waals surface area contributed by atoms with Crippen LogP contribution in [0.1, 0.15) is 40.2 Å². The second kappa shape index (κ2) is 6.44. The quantitative estimate of drug-likeness (QED) is 0.849. The minimum absolute atomic E-state index is 0.357. The summed E-state index contributed by atoms with van der Waals surface area (Å²) in [6.07, 6.45) is 2.77. The molecule has 1 atom stereocenters. The van der Waals surface area contributed by atoms with Gasteiger partial charge < -0.3 is 5.32 Å². The highest BCUT2D eigenvalue weighted by Gasteiger charge is 2.22. The van der Waals surface area contributed by atoms with E-state index in [-0.39, 0.29) is 0 Å². The number of nitrogens with one attached hydrogen (secondary N) is 1. The maximum Gasteiger partial charge on any atom is 0.254 e. The van der Waals surface area contributed by atoms with Gasteiger partial charge in [0.05, 0.1) is 5.56 Å². The third-order valence-electron chi connectivity index (χ3n) is 4.32. The van der Waals surface area contributed by atoms with E-state index in [0.29, 0.717) is 12.5 Å². The maximum absolute atomic E-state index is 13.6. The molecule has 120 valence electrons. The van der Waals surface area contributed by atoms with Crippen LogP contribution in [-0.2, 0) is 6.42 Å². The molecule has 0 fully saturated rings. The van der Waals surface area contributed by atoms with Gasteiger partial charge >= 0.3 is 0 Å². The molecule has 0 saturated heterocycles. The number of carbonyl (C=O) groups excluding carboxylic acids is 1. The Morgan fingerprint density at radius 2 is 1.87 bits per heavy atom. The van der Waals surface area contributed by atoms with Crippen molar-refractivity contribution >= 4 is 5.91 Å². The topological polar surface area (TPSA) is 29.1 Å². The van der Waals surface area contributed by atoms with Crippen molar-refractivity contribution in [2.45, 2.75) is 25.2 Å². The van der Waals surface area contributed by atoms with Gasteiger partial charge in [0.15, 0.2) is 17.5 Å². The van der Waals surface area contributed by atoms with Crippen LogP contribution in [0.15, 0.2) is 36.4 Å². The van der Waals surface area contributed by atoms with E-state index in [1.807, 2.05) is 12.1 Å².